The SMILES string of the molecule is C=C(/C=N\CC(=O)CBr)c1cc(C(F)(F)F)ccn1. The van der Waals surface area contributed by atoms with Gasteiger partial charge in [0, 0.05) is 18.0 Å². The Morgan fingerprint density at radius 3 is 2.79 bits per heavy atom. The number of allylic oxidation sites excluding steroid dienone is 1. The van der Waals surface area contributed by atoms with Crippen LogP contribution in [0.5, 0.6) is 0 Å². The Morgan fingerprint density at radius 1 is 1.53 bits per heavy atom. The summed E-state index contributed by atoms with van der Waals surface area (Å²) in [4.78, 5) is 18.5. The van der Waals surface area contributed by atoms with Crippen LogP contribution < -0.4 is 0 Å². The smallest absolute Gasteiger partial charge is 0.297 e. The topological polar surface area (TPSA) is 42.3 Å². The molecule has 3 nitrogen and oxygen atoms in total. The minimum atomic E-state index is -4.43. The summed E-state index contributed by atoms with van der Waals surface area (Å²) < 4.78 is 37.5. The molecule has 1 aromatic rings. The Hall–Kier alpha value is -1.50. The number of Topliss-reactive ketones (excluding diaryl/α,β-unsaturated/α-hetero) is 1. The number of carbonyl (C=O) groups excluding carboxylic acids is 1. The highest BCUT2D eigenvalue weighted by atomic mass is 79.9. The lowest BCUT2D eigenvalue weighted by molar-refractivity contribution is -0.137. The van der Waals surface area contributed by atoms with Gasteiger partial charge in [-0.2, -0.15) is 13.2 Å². The molecule has 1 heterocycles. The Balaban J connectivity index is 2.81. The largest absolute Gasteiger partial charge is 0.416 e. The van der Waals surface area contributed by atoms with Crippen LogP contribution in [0.15, 0.2) is 29.9 Å². The second-order valence-electron chi connectivity index (χ2n) is 3.59. The first-order chi connectivity index (χ1) is 8.84. The summed E-state index contributed by atoms with van der Waals surface area (Å²) in [6.45, 7) is 3.52. The number of carbonyl (C=O) groups is 1. The van der Waals surface area contributed by atoms with Gasteiger partial charge in [0.2, 0.25) is 0 Å². The van der Waals surface area contributed by atoms with Gasteiger partial charge in [0.1, 0.15) is 0 Å². The number of ketones is 1. The maximum atomic E-state index is 12.5. The fraction of sp³-hybridized carbons (Fsp3) is 0.250. The molecule has 19 heavy (non-hydrogen) atoms. The van der Waals surface area contributed by atoms with Crippen molar-refractivity contribution in [2.45, 2.75) is 6.18 Å². The maximum Gasteiger partial charge on any atom is 0.416 e. The van der Waals surface area contributed by atoms with Crippen molar-refractivity contribution in [1.29, 1.82) is 0 Å². The second-order valence-corrected chi connectivity index (χ2v) is 4.16. The molecular weight excluding hydrogens is 325 g/mol. The molecule has 0 spiro atoms. The molecule has 0 saturated carbocycles. The average molecular weight is 335 g/mol. The van der Waals surface area contributed by atoms with Crippen molar-refractivity contribution in [1.82, 2.24) is 4.98 Å². The number of aromatic nitrogens is 1. The highest BCUT2D eigenvalue weighted by Crippen LogP contribution is 2.29. The fourth-order valence-corrected chi connectivity index (χ4v) is 1.33. The number of nitrogens with zero attached hydrogens (tertiary/aromatic N) is 2. The van der Waals surface area contributed by atoms with E-state index in [9.17, 15) is 18.0 Å². The third-order valence-electron chi connectivity index (χ3n) is 2.08. The van der Waals surface area contributed by atoms with Crippen molar-refractivity contribution in [2.24, 2.45) is 4.99 Å². The third kappa shape index (κ3) is 4.94. The summed E-state index contributed by atoms with van der Waals surface area (Å²) >= 11 is 2.98. The molecular formula is C12H10BrF3N2O. The second kappa shape index (κ2) is 6.60. The zero-order chi connectivity index (χ0) is 14.5. The lowest BCUT2D eigenvalue weighted by Crippen LogP contribution is -2.06. The number of pyridine rings is 1. The lowest BCUT2D eigenvalue weighted by Gasteiger charge is -2.07. The Labute approximate surface area is 116 Å². The van der Waals surface area contributed by atoms with Gasteiger partial charge in [-0.25, -0.2) is 0 Å². The number of aliphatic imine (C=N–C) groups is 1. The molecule has 0 aliphatic rings. The van der Waals surface area contributed by atoms with E-state index in [1.54, 1.807) is 0 Å². The zero-order valence-electron chi connectivity index (χ0n) is 9.75. The van der Waals surface area contributed by atoms with Gasteiger partial charge in [-0.1, -0.05) is 22.5 Å². The van der Waals surface area contributed by atoms with E-state index in [1.165, 1.54) is 6.21 Å². The maximum absolute atomic E-state index is 12.5. The highest BCUT2D eigenvalue weighted by molar-refractivity contribution is 9.09. The summed E-state index contributed by atoms with van der Waals surface area (Å²) in [5, 5.41) is 0.179. The molecule has 0 radical (unpaired) electrons. The lowest BCUT2D eigenvalue weighted by atomic mass is 10.1. The first-order valence-corrected chi connectivity index (χ1v) is 6.26. The Bertz CT molecular complexity index is 512. The van der Waals surface area contributed by atoms with Gasteiger partial charge in [-0.15, -0.1) is 0 Å². The van der Waals surface area contributed by atoms with E-state index in [1.807, 2.05) is 0 Å². The normalized spacial score (nSPS) is 11.8. The molecule has 1 aromatic heterocycles. The van der Waals surface area contributed by atoms with Gasteiger partial charge in [0.05, 0.1) is 23.1 Å². The van der Waals surface area contributed by atoms with E-state index in [-0.39, 0.29) is 28.9 Å². The average Bonchev–Trinajstić information content (AvgIpc) is 2.37. The van der Waals surface area contributed by atoms with Crippen LogP contribution in [0, 0.1) is 0 Å². The minimum Gasteiger partial charge on any atom is -0.297 e. The molecule has 1 rings (SSSR count). The van der Waals surface area contributed by atoms with E-state index in [4.69, 9.17) is 0 Å². The minimum absolute atomic E-state index is 0.0523. The van der Waals surface area contributed by atoms with Gasteiger partial charge in [0.15, 0.2) is 5.78 Å². The van der Waals surface area contributed by atoms with Crippen LogP contribution in [-0.4, -0.2) is 28.9 Å². The molecule has 102 valence electrons. The first-order valence-electron chi connectivity index (χ1n) is 5.14. The standard InChI is InChI=1S/C12H10BrF3N2O/c1-8(6-17-7-10(19)5-13)11-4-9(2-3-18-11)12(14,15)16/h2-4,6H,1,5,7H2/b17-6-. The number of hydrogen-bond acceptors (Lipinski definition) is 3. The van der Waals surface area contributed by atoms with Crippen molar-refractivity contribution in [3.63, 3.8) is 0 Å². The van der Waals surface area contributed by atoms with Gasteiger partial charge in [0.25, 0.3) is 0 Å². The number of alkyl halides is 4. The van der Waals surface area contributed by atoms with Crippen LogP contribution in [0.3, 0.4) is 0 Å². The molecule has 0 unspecified atom stereocenters. The van der Waals surface area contributed by atoms with Gasteiger partial charge in [-0.3, -0.25) is 14.8 Å². The molecule has 0 fully saturated rings. The van der Waals surface area contributed by atoms with Gasteiger partial charge in [-0.05, 0) is 12.1 Å². The van der Waals surface area contributed by atoms with E-state index >= 15 is 0 Å². The van der Waals surface area contributed by atoms with Crippen LogP contribution in [0.4, 0.5) is 13.2 Å². The monoisotopic (exact) mass is 334 g/mol. The van der Waals surface area contributed by atoms with Crippen molar-refractivity contribution in [2.75, 3.05) is 11.9 Å². The summed E-state index contributed by atoms with van der Waals surface area (Å²) in [6.07, 6.45) is -2.13. The summed E-state index contributed by atoms with van der Waals surface area (Å²) in [7, 11) is 0. The fourth-order valence-electron chi connectivity index (χ4n) is 1.15. The summed E-state index contributed by atoms with van der Waals surface area (Å²) in [5.74, 6) is -0.138. The number of hydrogen-bond donors (Lipinski definition) is 0. The zero-order valence-corrected chi connectivity index (χ0v) is 11.3. The molecule has 7 heteroatoms. The van der Waals surface area contributed by atoms with Crippen molar-refractivity contribution in [3.8, 4) is 0 Å². The predicted molar refractivity (Wildman–Crippen MR) is 70.4 cm³/mol. The number of rotatable bonds is 5. The molecule has 0 atom stereocenters. The van der Waals surface area contributed by atoms with Crippen LogP contribution in [-0.2, 0) is 11.0 Å². The number of halogens is 4. The summed E-state index contributed by atoms with van der Waals surface area (Å²) in [6, 6.07) is 1.77. The van der Waals surface area contributed by atoms with Gasteiger partial charge < -0.3 is 0 Å². The van der Waals surface area contributed by atoms with Crippen molar-refractivity contribution in [3.05, 3.63) is 36.2 Å². The molecule has 0 amide bonds. The van der Waals surface area contributed by atoms with Crippen LogP contribution in [0.1, 0.15) is 11.3 Å². The molecule has 0 aromatic carbocycles. The van der Waals surface area contributed by atoms with E-state index in [0.717, 1.165) is 18.3 Å². The van der Waals surface area contributed by atoms with Crippen LogP contribution in [0.25, 0.3) is 5.57 Å². The Morgan fingerprint density at radius 2 is 2.21 bits per heavy atom. The first kappa shape index (κ1) is 15.6. The summed E-state index contributed by atoms with van der Waals surface area (Å²) in [5.41, 5.74) is -0.512. The van der Waals surface area contributed by atoms with Crippen LogP contribution >= 0.6 is 15.9 Å². The molecule has 0 saturated heterocycles. The molecule has 0 aliphatic carbocycles. The molecule has 0 N–H and O–H groups in total. The van der Waals surface area contributed by atoms with Gasteiger partial charge >= 0.3 is 6.18 Å². The van der Waals surface area contributed by atoms with Crippen molar-refractivity contribution < 1.29 is 18.0 Å². The molecule has 0 aliphatic heterocycles. The van der Waals surface area contributed by atoms with Crippen LogP contribution in [0.2, 0.25) is 0 Å². The third-order valence-corrected chi connectivity index (χ3v) is 2.71. The van der Waals surface area contributed by atoms with E-state index < -0.39 is 11.7 Å². The quantitative estimate of drug-likeness (QED) is 0.613. The van der Waals surface area contributed by atoms with E-state index in [2.05, 4.69) is 32.5 Å². The highest BCUT2D eigenvalue weighted by Gasteiger charge is 2.30. The van der Waals surface area contributed by atoms with Crippen molar-refractivity contribution >= 4 is 33.5 Å². The predicted octanol–water partition coefficient (Wildman–Crippen LogP) is 3.15. The van der Waals surface area contributed by atoms with E-state index in [0.29, 0.717) is 0 Å². The molecule has 0 bridgehead atoms. The Kier molecular flexibility index (Phi) is 5.41.